The van der Waals surface area contributed by atoms with E-state index in [1.807, 2.05) is 18.2 Å². The smallest absolute Gasteiger partial charge is 0.141 e. The number of nitrogen functional groups attached to an aromatic ring is 1. The third-order valence-corrected chi connectivity index (χ3v) is 3.82. The summed E-state index contributed by atoms with van der Waals surface area (Å²) in [6.45, 7) is 3.96. The van der Waals surface area contributed by atoms with Crippen LogP contribution in [-0.2, 0) is 6.54 Å². The molecule has 0 saturated carbocycles. The maximum Gasteiger partial charge on any atom is 0.141 e. The van der Waals surface area contributed by atoms with Gasteiger partial charge in [-0.25, -0.2) is 4.98 Å². The molecule has 0 saturated heterocycles. The van der Waals surface area contributed by atoms with Gasteiger partial charge in [-0.15, -0.1) is 0 Å². The van der Waals surface area contributed by atoms with Gasteiger partial charge in [0.15, 0.2) is 0 Å². The molecule has 4 nitrogen and oxygen atoms in total. The molecule has 0 aliphatic rings. The standard InChI is InChI=1S/C18H22N4/c1-13-7-8-17-16(11-13)20-18(22(17)10-9-21(2)3)14-5-4-6-15(19)12-14/h4-8,11-12H,9-10,19H2,1-3H3. The highest BCUT2D eigenvalue weighted by atomic mass is 15.1. The van der Waals surface area contributed by atoms with Gasteiger partial charge in [0.05, 0.1) is 11.0 Å². The third kappa shape index (κ3) is 2.83. The molecular formula is C18H22N4. The van der Waals surface area contributed by atoms with Crippen LogP contribution < -0.4 is 5.73 Å². The van der Waals surface area contributed by atoms with Gasteiger partial charge in [-0.05, 0) is 50.8 Å². The molecule has 22 heavy (non-hydrogen) atoms. The first-order valence-corrected chi connectivity index (χ1v) is 7.52. The summed E-state index contributed by atoms with van der Waals surface area (Å²) in [5.41, 5.74) is 11.2. The SMILES string of the molecule is Cc1ccc2c(c1)nc(-c1cccc(N)c1)n2CCN(C)C. The average molecular weight is 294 g/mol. The van der Waals surface area contributed by atoms with E-state index >= 15 is 0 Å². The number of nitrogens with two attached hydrogens (primary N) is 1. The first kappa shape index (κ1) is 14.6. The van der Waals surface area contributed by atoms with Crippen molar-refractivity contribution in [2.75, 3.05) is 26.4 Å². The van der Waals surface area contributed by atoms with Crippen molar-refractivity contribution in [3.05, 3.63) is 48.0 Å². The Bertz CT molecular complexity index is 802. The normalized spacial score (nSPS) is 11.5. The highest BCUT2D eigenvalue weighted by Gasteiger charge is 2.13. The molecule has 0 aliphatic heterocycles. The number of imidazole rings is 1. The van der Waals surface area contributed by atoms with Crippen molar-refractivity contribution in [2.45, 2.75) is 13.5 Å². The maximum absolute atomic E-state index is 5.94. The molecule has 2 aromatic carbocycles. The number of benzene rings is 2. The summed E-state index contributed by atoms with van der Waals surface area (Å²) in [6.07, 6.45) is 0. The fourth-order valence-electron chi connectivity index (χ4n) is 2.66. The minimum absolute atomic E-state index is 0.764. The molecule has 1 aromatic heterocycles. The number of hydrogen-bond donors (Lipinski definition) is 1. The average Bonchev–Trinajstić information content (AvgIpc) is 2.82. The van der Waals surface area contributed by atoms with E-state index in [0.717, 1.165) is 35.7 Å². The van der Waals surface area contributed by atoms with Gasteiger partial charge in [0, 0.05) is 24.3 Å². The number of fused-ring (bicyclic) bond motifs is 1. The van der Waals surface area contributed by atoms with Gasteiger partial charge >= 0.3 is 0 Å². The molecule has 0 radical (unpaired) electrons. The fourth-order valence-corrected chi connectivity index (χ4v) is 2.66. The Balaban J connectivity index is 2.16. The van der Waals surface area contributed by atoms with E-state index in [2.05, 4.69) is 54.8 Å². The van der Waals surface area contributed by atoms with Gasteiger partial charge in [-0.2, -0.15) is 0 Å². The van der Waals surface area contributed by atoms with E-state index in [-0.39, 0.29) is 0 Å². The van der Waals surface area contributed by atoms with Crippen LogP contribution in [0.25, 0.3) is 22.4 Å². The Hall–Kier alpha value is -2.33. The van der Waals surface area contributed by atoms with Crippen LogP contribution in [0.2, 0.25) is 0 Å². The topological polar surface area (TPSA) is 47.1 Å². The van der Waals surface area contributed by atoms with Gasteiger partial charge < -0.3 is 15.2 Å². The minimum Gasteiger partial charge on any atom is -0.399 e. The zero-order valence-corrected chi connectivity index (χ0v) is 13.4. The second kappa shape index (κ2) is 5.81. The second-order valence-corrected chi connectivity index (χ2v) is 6.01. The summed E-state index contributed by atoms with van der Waals surface area (Å²) in [5, 5.41) is 0. The molecule has 0 fully saturated rings. The first-order chi connectivity index (χ1) is 10.5. The molecule has 3 rings (SSSR count). The Morgan fingerprint density at radius 2 is 1.95 bits per heavy atom. The molecule has 2 N–H and O–H groups in total. The molecule has 3 aromatic rings. The van der Waals surface area contributed by atoms with Crippen LogP contribution in [0.4, 0.5) is 5.69 Å². The molecule has 0 bridgehead atoms. The van der Waals surface area contributed by atoms with Crippen molar-refractivity contribution in [2.24, 2.45) is 0 Å². The highest BCUT2D eigenvalue weighted by molar-refractivity contribution is 5.81. The van der Waals surface area contributed by atoms with Crippen molar-refractivity contribution in [1.82, 2.24) is 14.5 Å². The maximum atomic E-state index is 5.94. The van der Waals surface area contributed by atoms with Gasteiger partial charge in [0.2, 0.25) is 0 Å². The molecule has 0 amide bonds. The lowest BCUT2D eigenvalue weighted by atomic mass is 10.2. The van der Waals surface area contributed by atoms with Gasteiger partial charge in [-0.1, -0.05) is 18.2 Å². The van der Waals surface area contributed by atoms with E-state index in [1.165, 1.54) is 11.1 Å². The molecule has 114 valence electrons. The van der Waals surface area contributed by atoms with Crippen LogP contribution in [0.1, 0.15) is 5.56 Å². The molecule has 4 heteroatoms. The Labute approximate surface area is 131 Å². The number of rotatable bonds is 4. The predicted octanol–water partition coefficient (Wildman–Crippen LogP) is 3.16. The van der Waals surface area contributed by atoms with Crippen molar-refractivity contribution in [3.8, 4) is 11.4 Å². The molecule has 0 atom stereocenters. The summed E-state index contributed by atoms with van der Waals surface area (Å²) in [4.78, 5) is 7.04. The first-order valence-electron chi connectivity index (χ1n) is 7.52. The summed E-state index contributed by atoms with van der Waals surface area (Å²) in [6, 6.07) is 14.4. The summed E-state index contributed by atoms with van der Waals surface area (Å²) in [5.74, 6) is 0.981. The van der Waals surface area contributed by atoms with Gasteiger partial charge in [-0.3, -0.25) is 0 Å². The van der Waals surface area contributed by atoms with Crippen molar-refractivity contribution in [1.29, 1.82) is 0 Å². The Morgan fingerprint density at radius 1 is 1.14 bits per heavy atom. The van der Waals surface area contributed by atoms with Crippen LogP contribution in [0.15, 0.2) is 42.5 Å². The molecule has 0 unspecified atom stereocenters. The van der Waals surface area contributed by atoms with Gasteiger partial charge in [0.1, 0.15) is 5.82 Å². The molecule has 1 heterocycles. The van der Waals surface area contributed by atoms with Crippen molar-refractivity contribution >= 4 is 16.7 Å². The van der Waals surface area contributed by atoms with Gasteiger partial charge in [0.25, 0.3) is 0 Å². The second-order valence-electron chi connectivity index (χ2n) is 6.01. The third-order valence-electron chi connectivity index (χ3n) is 3.82. The summed E-state index contributed by atoms with van der Waals surface area (Å²) < 4.78 is 2.28. The van der Waals surface area contributed by atoms with Crippen molar-refractivity contribution < 1.29 is 0 Å². The molecule has 0 aliphatic carbocycles. The highest BCUT2D eigenvalue weighted by Crippen LogP contribution is 2.26. The van der Waals surface area contributed by atoms with E-state index in [4.69, 9.17) is 10.7 Å². The fraction of sp³-hybridized carbons (Fsp3) is 0.278. The van der Waals surface area contributed by atoms with E-state index in [0.29, 0.717) is 0 Å². The lowest BCUT2D eigenvalue weighted by Crippen LogP contribution is -2.18. The summed E-state index contributed by atoms with van der Waals surface area (Å²) >= 11 is 0. The van der Waals surface area contributed by atoms with Crippen molar-refractivity contribution in [3.63, 3.8) is 0 Å². The lowest BCUT2D eigenvalue weighted by Gasteiger charge is -2.13. The van der Waals surface area contributed by atoms with Crippen LogP contribution >= 0.6 is 0 Å². The van der Waals surface area contributed by atoms with E-state index in [1.54, 1.807) is 0 Å². The Morgan fingerprint density at radius 3 is 2.68 bits per heavy atom. The molecular weight excluding hydrogens is 272 g/mol. The largest absolute Gasteiger partial charge is 0.399 e. The number of likely N-dealkylation sites (N-methyl/N-ethyl adjacent to an activating group) is 1. The number of anilines is 1. The monoisotopic (exact) mass is 294 g/mol. The van der Waals surface area contributed by atoms with Crippen LogP contribution in [-0.4, -0.2) is 35.1 Å². The van der Waals surface area contributed by atoms with Crippen LogP contribution in [0.3, 0.4) is 0 Å². The van der Waals surface area contributed by atoms with Crippen LogP contribution in [0, 0.1) is 6.92 Å². The zero-order chi connectivity index (χ0) is 15.7. The number of nitrogens with zero attached hydrogens (tertiary/aromatic N) is 3. The quantitative estimate of drug-likeness (QED) is 0.752. The molecule has 0 spiro atoms. The predicted molar refractivity (Wildman–Crippen MR) is 92.9 cm³/mol. The Kier molecular flexibility index (Phi) is 3.86. The lowest BCUT2D eigenvalue weighted by molar-refractivity contribution is 0.387. The zero-order valence-electron chi connectivity index (χ0n) is 13.4. The number of hydrogen-bond acceptors (Lipinski definition) is 3. The minimum atomic E-state index is 0.764. The number of aromatic nitrogens is 2. The van der Waals surface area contributed by atoms with E-state index < -0.39 is 0 Å². The van der Waals surface area contributed by atoms with E-state index in [9.17, 15) is 0 Å². The summed E-state index contributed by atoms with van der Waals surface area (Å²) in [7, 11) is 4.17. The van der Waals surface area contributed by atoms with Crippen LogP contribution in [0.5, 0.6) is 0 Å². The number of aryl methyl sites for hydroxylation is 1.